The lowest BCUT2D eigenvalue weighted by atomic mass is 10.1. The zero-order valence-electron chi connectivity index (χ0n) is 14.6. The van der Waals surface area contributed by atoms with Crippen LogP contribution in [0.5, 0.6) is 0 Å². The van der Waals surface area contributed by atoms with Gasteiger partial charge in [0, 0.05) is 23.5 Å². The number of aromatic nitrogens is 2. The van der Waals surface area contributed by atoms with Crippen molar-refractivity contribution in [1.82, 2.24) is 9.97 Å². The molecule has 2 aromatic heterocycles. The van der Waals surface area contributed by atoms with Gasteiger partial charge < -0.3 is 14.4 Å². The Kier molecular flexibility index (Phi) is 5.42. The molecule has 3 rings (SSSR count). The van der Waals surface area contributed by atoms with Crippen LogP contribution in [-0.4, -0.2) is 34.1 Å². The quantitative estimate of drug-likeness (QED) is 0.657. The van der Waals surface area contributed by atoms with Crippen LogP contribution in [0.15, 0.2) is 41.0 Å². The molecule has 1 N–H and O–H groups in total. The van der Waals surface area contributed by atoms with E-state index in [1.807, 2.05) is 11.0 Å². The van der Waals surface area contributed by atoms with E-state index >= 15 is 0 Å². The molecule has 2 heterocycles. The van der Waals surface area contributed by atoms with Crippen LogP contribution in [0.25, 0.3) is 22.5 Å². The van der Waals surface area contributed by atoms with Crippen molar-refractivity contribution < 1.29 is 14.3 Å². The van der Waals surface area contributed by atoms with Crippen LogP contribution >= 0.6 is 11.6 Å². The molecule has 0 radical (unpaired) electrons. The number of hydrogen-bond donors (Lipinski definition) is 1. The van der Waals surface area contributed by atoms with Crippen LogP contribution in [0.3, 0.4) is 0 Å². The summed E-state index contributed by atoms with van der Waals surface area (Å²) < 4.78 is 5.44. The molecule has 0 spiro atoms. The summed E-state index contributed by atoms with van der Waals surface area (Å²) in [4.78, 5) is 22.3. The summed E-state index contributed by atoms with van der Waals surface area (Å²) in [6, 6.07) is 9.00. The first kappa shape index (κ1) is 18.2. The van der Waals surface area contributed by atoms with E-state index in [9.17, 15) is 4.79 Å². The molecule has 0 aliphatic carbocycles. The molecule has 0 bridgehead atoms. The summed E-state index contributed by atoms with van der Waals surface area (Å²) in [7, 11) is 0. The number of rotatable bonds is 7. The number of furan rings is 1. The summed E-state index contributed by atoms with van der Waals surface area (Å²) in [5.41, 5.74) is 0.693. The van der Waals surface area contributed by atoms with Gasteiger partial charge in [0.2, 0.25) is 0 Å². The van der Waals surface area contributed by atoms with Gasteiger partial charge in [0.1, 0.15) is 5.82 Å². The highest BCUT2D eigenvalue weighted by atomic mass is 35.5. The van der Waals surface area contributed by atoms with Crippen molar-refractivity contribution in [3.05, 3.63) is 41.6 Å². The SMILES string of the molecule is CC(C)CN(CCC(=O)O)c1nc(-c2ccco2)nc2cc(Cl)ccc12. The number of anilines is 1. The second-order valence-corrected chi connectivity index (χ2v) is 6.93. The van der Waals surface area contributed by atoms with Gasteiger partial charge >= 0.3 is 5.97 Å². The Morgan fingerprint density at radius 2 is 2.12 bits per heavy atom. The van der Waals surface area contributed by atoms with E-state index in [1.165, 1.54) is 0 Å². The van der Waals surface area contributed by atoms with Gasteiger partial charge in [-0.2, -0.15) is 0 Å². The van der Waals surface area contributed by atoms with Crippen LogP contribution in [0, 0.1) is 5.92 Å². The highest BCUT2D eigenvalue weighted by molar-refractivity contribution is 6.31. The Morgan fingerprint density at radius 1 is 1.31 bits per heavy atom. The zero-order valence-corrected chi connectivity index (χ0v) is 15.4. The molecular weight excluding hydrogens is 354 g/mol. The van der Waals surface area contributed by atoms with E-state index in [0.29, 0.717) is 46.9 Å². The van der Waals surface area contributed by atoms with E-state index in [-0.39, 0.29) is 6.42 Å². The topological polar surface area (TPSA) is 79.5 Å². The maximum Gasteiger partial charge on any atom is 0.305 e. The molecule has 0 saturated carbocycles. The number of aliphatic carboxylic acids is 1. The first-order chi connectivity index (χ1) is 12.4. The Balaban J connectivity index is 2.15. The minimum atomic E-state index is -0.841. The van der Waals surface area contributed by atoms with Gasteiger partial charge in [-0.3, -0.25) is 4.79 Å². The lowest BCUT2D eigenvalue weighted by molar-refractivity contribution is -0.136. The Labute approximate surface area is 156 Å². The minimum absolute atomic E-state index is 0.0297. The van der Waals surface area contributed by atoms with Gasteiger partial charge in [-0.25, -0.2) is 9.97 Å². The molecule has 6 nitrogen and oxygen atoms in total. The normalized spacial score (nSPS) is 11.2. The van der Waals surface area contributed by atoms with E-state index < -0.39 is 5.97 Å². The smallest absolute Gasteiger partial charge is 0.305 e. The highest BCUT2D eigenvalue weighted by Gasteiger charge is 2.18. The van der Waals surface area contributed by atoms with Gasteiger partial charge in [-0.05, 0) is 36.2 Å². The molecular formula is C19H20ClN3O3. The predicted molar refractivity (Wildman–Crippen MR) is 102 cm³/mol. The van der Waals surface area contributed by atoms with E-state index in [0.717, 1.165) is 5.39 Å². The zero-order chi connectivity index (χ0) is 18.7. The number of hydrogen-bond acceptors (Lipinski definition) is 5. The third-order valence-electron chi connectivity index (χ3n) is 3.86. The standard InChI is InChI=1S/C19H20ClN3O3/c1-12(2)11-23(8-7-17(24)25)19-14-6-5-13(20)10-15(14)21-18(22-19)16-4-3-9-26-16/h3-6,9-10,12H,7-8,11H2,1-2H3,(H,24,25). The van der Waals surface area contributed by atoms with Gasteiger partial charge in [0.05, 0.1) is 18.2 Å². The second-order valence-electron chi connectivity index (χ2n) is 6.49. The number of carboxylic acid groups (broad SMARTS) is 1. The minimum Gasteiger partial charge on any atom is -0.481 e. The predicted octanol–water partition coefficient (Wildman–Crippen LogP) is 4.48. The molecule has 3 aromatic rings. The molecule has 0 amide bonds. The third kappa shape index (κ3) is 4.14. The highest BCUT2D eigenvalue weighted by Crippen LogP contribution is 2.30. The van der Waals surface area contributed by atoms with E-state index in [4.69, 9.17) is 21.1 Å². The molecule has 0 unspecified atom stereocenters. The van der Waals surface area contributed by atoms with Gasteiger partial charge in [0.15, 0.2) is 11.6 Å². The van der Waals surface area contributed by atoms with Crippen molar-refractivity contribution in [1.29, 1.82) is 0 Å². The second kappa shape index (κ2) is 7.74. The Hall–Kier alpha value is -2.60. The van der Waals surface area contributed by atoms with Crippen molar-refractivity contribution in [3.63, 3.8) is 0 Å². The van der Waals surface area contributed by atoms with Crippen molar-refractivity contribution in [2.24, 2.45) is 5.92 Å². The van der Waals surface area contributed by atoms with Crippen molar-refractivity contribution >= 4 is 34.3 Å². The maximum absolute atomic E-state index is 11.1. The molecule has 0 aliphatic rings. The Bertz CT molecular complexity index is 910. The number of carbonyl (C=O) groups is 1. The molecule has 26 heavy (non-hydrogen) atoms. The van der Waals surface area contributed by atoms with Gasteiger partial charge in [0.25, 0.3) is 0 Å². The lowest BCUT2D eigenvalue weighted by Crippen LogP contribution is -2.31. The van der Waals surface area contributed by atoms with E-state index in [1.54, 1.807) is 30.5 Å². The molecule has 7 heteroatoms. The van der Waals surface area contributed by atoms with E-state index in [2.05, 4.69) is 23.8 Å². The number of fused-ring (bicyclic) bond motifs is 1. The average Bonchev–Trinajstić information content (AvgIpc) is 3.11. The molecule has 1 aromatic carbocycles. The number of halogens is 1. The van der Waals surface area contributed by atoms with Gasteiger partial charge in [-0.15, -0.1) is 0 Å². The Morgan fingerprint density at radius 3 is 2.77 bits per heavy atom. The van der Waals surface area contributed by atoms with Crippen LogP contribution < -0.4 is 4.90 Å². The van der Waals surface area contributed by atoms with Crippen LogP contribution in [-0.2, 0) is 4.79 Å². The number of nitrogens with zero attached hydrogens (tertiary/aromatic N) is 3. The summed E-state index contributed by atoms with van der Waals surface area (Å²) in [5.74, 6) is 1.19. The first-order valence-corrected chi connectivity index (χ1v) is 8.79. The average molecular weight is 374 g/mol. The molecule has 0 atom stereocenters. The number of carboxylic acids is 1. The van der Waals surface area contributed by atoms with Crippen molar-refractivity contribution in [3.8, 4) is 11.6 Å². The van der Waals surface area contributed by atoms with Crippen LogP contribution in [0.4, 0.5) is 5.82 Å². The van der Waals surface area contributed by atoms with Crippen molar-refractivity contribution in [2.45, 2.75) is 20.3 Å². The fourth-order valence-electron chi connectivity index (χ4n) is 2.80. The summed E-state index contributed by atoms with van der Waals surface area (Å²) in [5, 5.41) is 10.5. The molecule has 0 saturated heterocycles. The molecule has 0 fully saturated rings. The summed E-state index contributed by atoms with van der Waals surface area (Å²) in [6.45, 7) is 5.21. The number of benzene rings is 1. The summed E-state index contributed by atoms with van der Waals surface area (Å²) >= 11 is 6.14. The first-order valence-electron chi connectivity index (χ1n) is 8.42. The fourth-order valence-corrected chi connectivity index (χ4v) is 2.96. The largest absolute Gasteiger partial charge is 0.481 e. The van der Waals surface area contributed by atoms with Crippen LogP contribution in [0.2, 0.25) is 5.02 Å². The fraction of sp³-hybridized carbons (Fsp3) is 0.316. The maximum atomic E-state index is 11.1. The van der Waals surface area contributed by atoms with Gasteiger partial charge in [-0.1, -0.05) is 25.4 Å². The van der Waals surface area contributed by atoms with Crippen LogP contribution in [0.1, 0.15) is 20.3 Å². The molecule has 0 aliphatic heterocycles. The lowest BCUT2D eigenvalue weighted by Gasteiger charge is -2.26. The van der Waals surface area contributed by atoms with Crippen molar-refractivity contribution in [2.75, 3.05) is 18.0 Å². The summed E-state index contributed by atoms with van der Waals surface area (Å²) in [6.07, 6.45) is 1.60. The third-order valence-corrected chi connectivity index (χ3v) is 4.10. The monoisotopic (exact) mass is 373 g/mol. The molecule has 136 valence electrons.